The van der Waals surface area contributed by atoms with Crippen molar-refractivity contribution < 1.29 is 26.5 Å². The van der Waals surface area contributed by atoms with Crippen LogP contribution in [0, 0.1) is 0 Å². The van der Waals surface area contributed by atoms with Gasteiger partial charge in [-0.1, -0.05) is 6.92 Å². The average Bonchev–Trinajstić information content (AvgIpc) is 2.01. The van der Waals surface area contributed by atoms with Crippen LogP contribution >= 0.6 is 0 Å². The third kappa shape index (κ3) is 19.6. The molecule has 15 heavy (non-hydrogen) atoms. The minimum Gasteiger partial charge on any atom is -0.270 e. The van der Waals surface area contributed by atoms with E-state index < -0.39 is 10.4 Å². The van der Waals surface area contributed by atoms with Gasteiger partial charge in [-0.3, -0.25) is 13.5 Å². The maximum Gasteiger partial charge on any atom is 0.397 e. The summed E-state index contributed by atoms with van der Waals surface area (Å²) >= 11 is 0. The molecule has 0 aliphatic rings. The molecular weight excluding hydrogens is 224 g/mol. The second kappa shape index (κ2) is 6.72. The number of rotatable bonds is 3. The lowest BCUT2D eigenvalue weighted by Gasteiger charge is -2.22. The van der Waals surface area contributed by atoms with Gasteiger partial charge in [-0.2, -0.15) is 8.42 Å². The van der Waals surface area contributed by atoms with Crippen molar-refractivity contribution in [3.05, 3.63) is 0 Å². The molecule has 0 unspecified atom stereocenters. The van der Waals surface area contributed by atoms with Gasteiger partial charge in [0.2, 0.25) is 0 Å². The van der Waals surface area contributed by atoms with Crippen LogP contribution in [-0.2, 0) is 19.4 Å². The van der Waals surface area contributed by atoms with Crippen LogP contribution < -0.4 is 5.43 Å². The van der Waals surface area contributed by atoms with Gasteiger partial charge >= 0.3 is 10.4 Å². The van der Waals surface area contributed by atoms with Gasteiger partial charge in [0.05, 0.1) is 28.3 Å². The molecule has 0 fully saturated rings. The first-order valence-electron chi connectivity index (χ1n) is 4.17. The molecule has 0 aromatic carbocycles. The van der Waals surface area contributed by atoms with Crippen LogP contribution in [0.2, 0.25) is 0 Å². The fraction of sp³-hybridized carbons (Fsp3) is 0.857. The summed E-state index contributed by atoms with van der Waals surface area (Å²) in [5.74, 6) is 0.0856. The summed E-state index contributed by atoms with van der Waals surface area (Å²) in [6, 6.07) is 0. The van der Waals surface area contributed by atoms with Gasteiger partial charge in [0, 0.05) is 6.42 Å². The van der Waals surface area contributed by atoms with Gasteiger partial charge in [-0.15, -0.1) is 0 Å². The van der Waals surface area contributed by atoms with Crippen LogP contribution in [0.1, 0.15) is 13.3 Å². The first-order valence-corrected chi connectivity index (χ1v) is 5.54. The number of amides is 1. The molecule has 0 rings (SSSR count). The second-order valence-electron chi connectivity index (χ2n) is 3.50. The number of nitrogens with zero attached hydrogens (tertiary/aromatic N) is 1. The van der Waals surface area contributed by atoms with Crippen LogP contribution in [0.5, 0.6) is 0 Å². The van der Waals surface area contributed by atoms with Crippen molar-refractivity contribution in [3.63, 3.8) is 0 Å². The summed E-state index contributed by atoms with van der Waals surface area (Å²) in [5, 5.41) is 0. The zero-order chi connectivity index (χ0) is 12.7. The molecule has 0 aliphatic heterocycles. The lowest BCUT2D eigenvalue weighted by molar-refractivity contribution is -0.906. The van der Waals surface area contributed by atoms with Gasteiger partial charge < -0.3 is 0 Å². The Morgan fingerprint density at radius 2 is 1.73 bits per heavy atom. The summed E-state index contributed by atoms with van der Waals surface area (Å²) in [5.41, 5.74) is 2.77. The Morgan fingerprint density at radius 3 is 1.80 bits per heavy atom. The first kappa shape index (κ1) is 16.7. The minimum absolute atomic E-state index is 0.0856. The third-order valence-corrected chi connectivity index (χ3v) is 1.41. The molecule has 7 nitrogen and oxygen atoms in total. The minimum atomic E-state index is -4.16. The molecule has 0 bridgehead atoms. The van der Waals surface area contributed by atoms with Crippen LogP contribution in [0.4, 0.5) is 0 Å². The fourth-order valence-electron chi connectivity index (χ4n) is 0.453. The molecule has 0 aromatic rings. The van der Waals surface area contributed by atoms with Crippen molar-refractivity contribution in [2.24, 2.45) is 0 Å². The summed E-state index contributed by atoms with van der Waals surface area (Å²) in [6.45, 7) is 1.84. The predicted molar refractivity (Wildman–Crippen MR) is 55.0 cm³/mol. The zero-order valence-electron chi connectivity index (χ0n) is 9.64. The molecule has 0 saturated carbocycles. The number of nitrogens with one attached hydrogen (secondary N) is 1. The quantitative estimate of drug-likeness (QED) is 0.398. The summed E-state index contributed by atoms with van der Waals surface area (Å²) < 4.78 is 30.2. The Balaban J connectivity index is 0. The molecule has 1 amide bonds. The van der Waals surface area contributed by atoms with Gasteiger partial charge in [0.25, 0.3) is 5.91 Å². The number of quaternary nitrogens is 1. The standard InChI is InChI=1S/C6H14N2O.CH4O4S/c1-5-6(9)7-8(2,3)4;1-5-6(2,3)4/h5H2,1-4H3;1H3,(H,2,3,4)/p+1. The van der Waals surface area contributed by atoms with E-state index in [-0.39, 0.29) is 5.91 Å². The second-order valence-corrected chi connectivity index (χ2v) is 4.68. The van der Waals surface area contributed by atoms with Gasteiger partial charge in [0.1, 0.15) is 0 Å². The molecule has 0 spiro atoms. The molecule has 0 heterocycles. The lowest BCUT2D eigenvalue weighted by Crippen LogP contribution is -2.50. The summed E-state index contributed by atoms with van der Waals surface area (Å²) in [6.07, 6.45) is 0.551. The van der Waals surface area contributed by atoms with Gasteiger partial charge in [-0.05, 0) is 0 Å². The van der Waals surface area contributed by atoms with Gasteiger partial charge in [0.15, 0.2) is 0 Å². The highest BCUT2D eigenvalue weighted by atomic mass is 32.3. The van der Waals surface area contributed by atoms with Crippen molar-refractivity contribution in [1.82, 2.24) is 5.43 Å². The van der Waals surface area contributed by atoms with Gasteiger partial charge in [-0.25, -0.2) is 10.0 Å². The van der Waals surface area contributed by atoms with Crippen LogP contribution in [0.3, 0.4) is 0 Å². The highest BCUT2D eigenvalue weighted by Crippen LogP contribution is 1.83. The number of carbonyl (C=O) groups excluding carboxylic acids is 1. The van der Waals surface area contributed by atoms with Crippen molar-refractivity contribution in [3.8, 4) is 0 Å². The van der Waals surface area contributed by atoms with Crippen LogP contribution in [0.25, 0.3) is 0 Å². The van der Waals surface area contributed by atoms with E-state index in [0.717, 1.165) is 7.11 Å². The average molecular weight is 243 g/mol. The zero-order valence-corrected chi connectivity index (χ0v) is 10.5. The SMILES string of the molecule is CCC(=O)N[N+](C)(C)C.COS(=O)(=O)O. The molecule has 0 aromatic heterocycles. The van der Waals surface area contributed by atoms with Crippen molar-refractivity contribution in [1.29, 1.82) is 0 Å². The molecule has 2 N–H and O–H groups in total. The molecule has 0 atom stereocenters. The Bertz CT molecular complexity index is 280. The normalized spacial score (nSPS) is 11.3. The van der Waals surface area contributed by atoms with Crippen LogP contribution in [0.15, 0.2) is 0 Å². The smallest absolute Gasteiger partial charge is 0.270 e. The molecule has 92 valence electrons. The Hall–Kier alpha value is -0.700. The highest BCUT2D eigenvalue weighted by molar-refractivity contribution is 7.80. The van der Waals surface area contributed by atoms with E-state index in [4.69, 9.17) is 4.55 Å². The number of hydrogen-bond donors (Lipinski definition) is 2. The lowest BCUT2D eigenvalue weighted by atomic mass is 10.5. The van der Waals surface area contributed by atoms with Crippen LogP contribution in [-0.4, -0.2) is 51.7 Å². The monoisotopic (exact) mass is 243 g/mol. The van der Waals surface area contributed by atoms with E-state index in [0.29, 0.717) is 11.0 Å². The maximum atomic E-state index is 10.7. The first-order chi connectivity index (χ1) is 6.52. The molecule has 0 aliphatic carbocycles. The number of carbonyl (C=O) groups is 1. The molecule has 0 saturated heterocycles. The van der Waals surface area contributed by atoms with E-state index in [1.165, 1.54) is 0 Å². The Morgan fingerprint density at radius 1 is 1.40 bits per heavy atom. The largest absolute Gasteiger partial charge is 0.397 e. The summed E-state index contributed by atoms with van der Waals surface area (Å²) in [4.78, 5) is 10.7. The van der Waals surface area contributed by atoms with E-state index in [1.807, 2.05) is 28.1 Å². The van der Waals surface area contributed by atoms with Crippen molar-refractivity contribution in [2.75, 3.05) is 28.3 Å². The fourth-order valence-corrected chi connectivity index (χ4v) is 0.453. The molecule has 8 heteroatoms. The van der Waals surface area contributed by atoms with E-state index in [1.54, 1.807) is 0 Å². The predicted octanol–water partition coefficient (Wildman–Crippen LogP) is -0.431. The van der Waals surface area contributed by atoms with Crippen molar-refractivity contribution in [2.45, 2.75) is 13.3 Å². The molecule has 0 radical (unpaired) electrons. The highest BCUT2D eigenvalue weighted by Gasteiger charge is 2.08. The van der Waals surface area contributed by atoms with E-state index in [2.05, 4.69) is 9.61 Å². The van der Waals surface area contributed by atoms with E-state index in [9.17, 15) is 13.2 Å². The Kier molecular flexibility index (Phi) is 7.49. The van der Waals surface area contributed by atoms with Crippen molar-refractivity contribution >= 4 is 16.3 Å². The van der Waals surface area contributed by atoms with E-state index >= 15 is 0 Å². The summed E-state index contributed by atoms with van der Waals surface area (Å²) in [7, 11) is 2.44. The Labute approximate surface area is 90.5 Å². The molecular formula is C7H19N2O5S+. The maximum absolute atomic E-state index is 10.7. The number of hydrogen-bond acceptors (Lipinski definition) is 4. The topological polar surface area (TPSA) is 92.7 Å². The third-order valence-electron chi connectivity index (χ3n) is 0.992.